The van der Waals surface area contributed by atoms with Crippen LogP contribution in [-0.2, 0) is 11.3 Å². The van der Waals surface area contributed by atoms with Crippen molar-refractivity contribution in [2.75, 3.05) is 21.3 Å². The third-order valence-corrected chi connectivity index (χ3v) is 5.32. The van der Waals surface area contributed by atoms with E-state index in [4.69, 9.17) is 14.2 Å². The summed E-state index contributed by atoms with van der Waals surface area (Å²) < 4.78 is 32.5. The minimum absolute atomic E-state index is 0.337. The quantitative estimate of drug-likeness (QED) is 0.418. The summed E-state index contributed by atoms with van der Waals surface area (Å²) in [6.45, 7) is 4.04. The van der Waals surface area contributed by atoms with Gasteiger partial charge in [0.05, 0.1) is 31.5 Å². The van der Waals surface area contributed by atoms with Gasteiger partial charge in [-0.05, 0) is 35.9 Å². The molecule has 1 aromatic heterocycles. The van der Waals surface area contributed by atoms with Gasteiger partial charge in [-0.15, -0.1) is 6.58 Å². The van der Waals surface area contributed by atoms with Crippen molar-refractivity contribution in [2.45, 2.75) is 6.54 Å². The highest BCUT2D eigenvalue weighted by Crippen LogP contribution is 2.38. The van der Waals surface area contributed by atoms with Crippen LogP contribution in [-0.4, -0.2) is 31.8 Å². The lowest BCUT2D eigenvalue weighted by molar-refractivity contribution is -0.113. The summed E-state index contributed by atoms with van der Waals surface area (Å²) in [5.41, 5.74) is 1.08. The van der Waals surface area contributed by atoms with Crippen LogP contribution < -0.4 is 19.0 Å². The highest BCUT2D eigenvalue weighted by molar-refractivity contribution is 7.16. The molecule has 3 aromatic rings. The fourth-order valence-corrected chi connectivity index (χ4v) is 4.03. The third kappa shape index (κ3) is 4.28. The number of nitrogens with zero attached hydrogens (tertiary/aromatic N) is 2. The fraction of sp³-hybridized carbons (Fsp3) is 0.182. The molecule has 0 bridgehead atoms. The van der Waals surface area contributed by atoms with Gasteiger partial charge in [0.25, 0.3) is 5.91 Å². The summed E-state index contributed by atoms with van der Waals surface area (Å²) in [5, 5.41) is 0. The summed E-state index contributed by atoms with van der Waals surface area (Å²) in [4.78, 5) is 17.0. The zero-order valence-electron chi connectivity index (χ0n) is 16.8. The van der Waals surface area contributed by atoms with Gasteiger partial charge in [0, 0.05) is 12.6 Å². The first kappa shape index (κ1) is 21.3. The molecule has 156 valence electrons. The van der Waals surface area contributed by atoms with Crippen molar-refractivity contribution in [3.63, 3.8) is 0 Å². The Kier molecular flexibility index (Phi) is 6.68. The molecule has 1 heterocycles. The van der Waals surface area contributed by atoms with Crippen LogP contribution in [0.3, 0.4) is 0 Å². The van der Waals surface area contributed by atoms with E-state index >= 15 is 0 Å². The number of para-hydroxylation sites is 1. The van der Waals surface area contributed by atoms with Crippen molar-refractivity contribution >= 4 is 33.5 Å². The van der Waals surface area contributed by atoms with Crippen LogP contribution in [0.4, 0.5) is 4.39 Å². The monoisotopic (exact) mass is 428 g/mol. The normalized spacial score (nSPS) is 11.8. The second-order valence-corrected chi connectivity index (χ2v) is 7.12. The van der Waals surface area contributed by atoms with E-state index in [1.807, 2.05) is 0 Å². The Morgan fingerprint density at radius 3 is 2.50 bits per heavy atom. The highest BCUT2D eigenvalue weighted by Gasteiger charge is 2.13. The van der Waals surface area contributed by atoms with Crippen LogP contribution in [0.2, 0.25) is 0 Å². The zero-order valence-corrected chi connectivity index (χ0v) is 17.7. The molecule has 0 atom stereocenters. The molecule has 0 N–H and O–H groups in total. The van der Waals surface area contributed by atoms with Gasteiger partial charge < -0.3 is 18.8 Å². The second kappa shape index (κ2) is 9.41. The number of ether oxygens (including phenoxy) is 3. The van der Waals surface area contributed by atoms with E-state index < -0.39 is 5.91 Å². The lowest BCUT2D eigenvalue weighted by Gasteiger charge is -2.12. The number of fused-ring (bicyclic) bond motifs is 1. The number of carbonyl (C=O) groups excluding carboxylic acids is 1. The maximum atomic E-state index is 14.3. The van der Waals surface area contributed by atoms with Crippen LogP contribution in [0, 0.1) is 5.82 Å². The molecular formula is C22H21FN2O4S. The van der Waals surface area contributed by atoms with E-state index in [9.17, 15) is 9.18 Å². The minimum Gasteiger partial charge on any atom is -0.493 e. The fourth-order valence-electron chi connectivity index (χ4n) is 2.97. The third-order valence-electron chi connectivity index (χ3n) is 4.27. The molecule has 6 nitrogen and oxygen atoms in total. The first-order valence-corrected chi connectivity index (χ1v) is 9.79. The lowest BCUT2D eigenvalue weighted by atomic mass is 10.1. The molecule has 3 rings (SSSR count). The number of carbonyl (C=O) groups is 1. The molecule has 0 aliphatic rings. The first-order chi connectivity index (χ1) is 14.5. The van der Waals surface area contributed by atoms with Gasteiger partial charge in [-0.1, -0.05) is 23.5 Å². The number of methoxy groups -OCH3 is 3. The Morgan fingerprint density at radius 1 is 1.20 bits per heavy atom. The van der Waals surface area contributed by atoms with Crippen molar-refractivity contribution in [2.24, 2.45) is 4.99 Å². The van der Waals surface area contributed by atoms with E-state index in [-0.39, 0.29) is 5.82 Å². The average Bonchev–Trinajstić information content (AvgIpc) is 3.09. The number of halogens is 1. The molecule has 0 saturated heterocycles. The Hall–Kier alpha value is -3.39. The van der Waals surface area contributed by atoms with Crippen LogP contribution in [0.15, 0.2) is 54.1 Å². The molecule has 0 fully saturated rings. The molecule has 0 unspecified atom stereocenters. The molecule has 0 spiro atoms. The van der Waals surface area contributed by atoms with E-state index in [0.717, 1.165) is 0 Å². The van der Waals surface area contributed by atoms with Crippen LogP contribution in [0.1, 0.15) is 5.56 Å². The van der Waals surface area contributed by atoms with E-state index in [0.29, 0.717) is 44.4 Å². The van der Waals surface area contributed by atoms with E-state index in [1.165, 1.54) is 44.8 Å². The van der Waals surface area contributed by atoms with E-state index in [2.05, 4.69) is 11.6 Å². The first-order valence-electron chi connectivity index (χ1n) is 8.98. The van der Waals surface area contributed by atoms with Crippen LogP contribution >= 0.6 is 11.3 Å². The maximum absolute atomic E-state index is 14.3. The number of thiazole rings is 1. The zero-order chi connectivity index (χ0) is 21.7. The van der Waals surface area contributed by atoms with Gasteiger partial charge in [-0.3, -0.25) is 4.79 Å². The number of aromatic nitrogens is 1. The SMILES string of the molecule is C=CCn1c(=NC(=O)C=Cc2cc(OC)c(OC)c(OC)c2)sc2cccc(F)c21. The second-order valence-electron chi connectivity index (χ2n) is 6.11. The Balaban J connectivity index is 1.98. The number of hydrogen-bond donors (Lipinski definition) is 0. The molecule has 0 aliphatic carbocycles. The van der Waals surface area contributed by atoms with Gasteiger partial charge in [0.2, 0.25) is 5.75 Å². The largest absolute Gasteiger partial charge is 0.493 e. The molecule has 30 heavy (non-hydrogen) atoms. The lowest BCUT2D eigenvalue weighted by Crippen LogP contribution is -2.16. The predicted octanol–water partition coefficient (Wildman–Crippen LogP) is 4.19. The summed E-state index contributed by atoms with van der Waals surface area (Å²) in [5.74, 6) is 0.571. The number of hydrogen-bond acceptors (Lipinski definition) is 5. The van der Waals surface area contributed by atoms with Crippen LogP contribution in [0.25, 0.3) is 16.3 Å². The average molecular weight is 428 g/mol. The smallest absolute Gasteiger partial charge is 0.272 e. The molecular weight excluding hydrogens is 407 g/mol. The minimum atomic E-state index is -0.478. The molecule has 2 aromatic carbocycles. The van der Waals surface area contributed by atoms with Crippen molar-refractivity contribution in [1.82, 2.24) is 4.57 Å². The van der Waals surface area contributed by atoms with Gasteiger partial charge in [-0.2, -0.15) is 4.99 Å². The number of benzene rings is 2. The Labute approximate surface area is 177 Å². The topological polar surface area (TPSA) is 62.1 Å². The van der Waals surface area contributed by atoms with Crippen molar-refractivity contribution in [3.8, 4) is 17.2 Å². The Bertz CT molecular complexity index is 1170. The van der Waals surface area contributed by atoms with Crippen LogP contribution in [0.5, 0.6) is 17.2 Å². The summed E-state index contributed by atoms with van der Waals surface area (Å²) in [6, 6.07) is 8.24. The molecule has 8 heteroatoms. The van der Waals surface area contributed by atoms with Gasteiger partial charge in [-0.25, -0.2) is 4.39 Å². The molecule has 0 saturated carbocycles. The standard InChI is InChI=1S/C22H21FN2O4S/c1-5-11-25-20-15(23)7-6-8-18(20)30-22(25)24-19(26)10-9-14-12-16(27-2)21(29-4)17(13-14)28-3/h5-10,12-13H,1,11H2,2-4H3. The number of rotatable bonds is 7. The molecule has 0 aliphatic heterocycles. The summed E-state index contributed by atoms with van der Waals surface area (Å²) >= 11 is 1.24. The summed E-state index contributed by atoms with van der Waals surface area (Å²) in [7, 11) is 4.55. The van der Waals surface area contributed by atoms with Gasteiger partial charge in [0.15, 0.2) is 16.3 Å². The van der Waals surface area contributed by atoms with E-state index in [1.54, 1.807) is 41.0 Å². The molecule has 0 radical (unpaired) electrons. The summed E-state index contributed by atoms with van der Waals surface area (Å²) in [6.07, 6.45) is 4.57. The predicted molar refractivity (Wildman–Crippen MR) is 116 cm³/mol. The van der Waals surface area contributed by atoms with Crippen molar-refractivity contribution in [1.29, 1.82) is 0 Å². The number of amides is 1. The van der Waals surface area contributed by atoms with Crippen molar-refractivity contribution < 1.29 is 23.4 Å². The number of allylic oxidation sites excluding steroid dienone is 1. The Morgan fingerprint density at radius 2 is 1.90 bits per heavy atom. The molecule has 1 amide bonds. The van der Waals surface area contributed by atoms with Gasteiger partial charge >= 0.3 is 0 Å². The van der Waals surface area contributed by atoms with Gasteiger partial charge in [0.1, 0.15) is 5.82 Å². The maximum Gasteiger partial charge on any atom is 0.272 e. The van der Waals surface area contributed by atoms with Crippen molar-refractivity contribution in [3.05, 3.63) is 65.2 Å². The highest BCUT2D eigenvalue weighted by atomic mass is 32.1.